The van der Waals surface area contributed by atoms with Crippen LogP contribution in [0.3, 0.4) is 0 Å². The molecule has 20 nitrogen and oxygen atoms in total. The van der Waals surface area contributed by atoms with E-state index in [0.29, 0.717) is 26.2 Å². The van der Waals surface area contributed by atoms with Crippen molar-refractivity contribution in [2.45, 2.75) is 158 Å². The van der Waals surface area contributed by atoms with Gasteiger partial charge in [0.15, 0.2) is 0 Å². The van der Waals surface area contributed by atoms with Gasteiger partial charge in [-0.1, -0.05) is 0 Å². The van der Waals surface area contributed by atoms with Crippen molar-refractivity contribution in [2.24, 2.45) is 17.2 Å². The summed E-state index contributed by atoms with van der Waals surface area (Å²) in [5.41, 5.74) is 11.5. The third-order valence-electron chi connectivity index (χ3n) is 3.78. The van der Waals surface area contributed by atoms with Crippen LogP contribution in [0.5, 0.6) is 0 Å². The van der Waals surface area contributed by atoms with E-state index in [1.165, 1.54) is 0 Å². The van der Waals surface area contributed by atoms with Crippen LogP contribution >= 0.6 is 0 Å². The lowest BCUT2D eigenvalue weighted by Gasteiger charge is -2.21. The van der Waals surface area contributed by atoms with Gasteiger partial charge in [0, 0.05) is 39.3 Å². The Balaban J connectivity index is -0.000000206. The van der Waals surface area contributed by atoms with E-state index in [4.69, 9.17) is 46.0 Å². The van der Waals surface area contributed by atoms with Gasteiger partial charge < -0.3 is 71.4 Å². The third kappa shape index (κ3) is 67.8. The molecule has 0 rings (SSSR count). The van der Waals surface area contributed by atoms with E-state index in [0.717, 1.165) is 0 Å². The van der Waals surface area contributed by atoms with Crippen molar-refractivity contribution in [3.63, 3.8) is 0 Å². The Morgan fingerprint density at radius 3 is 0.786 bits per heavy atom. The molecular formula is C36H76N6O14. The first kappa shape index (κ1) is 60.9. The van der Waals surface area contributed by atoms with Gasteiger partial charge in [0.25, 0.3) is 0 Å². The van der Waals surface area contributed by atoms with Crippen molar-refractivity contribution in [2.75, 3.05) is 39.3 Å². The number of nitrogens with two attached hydrogens (primary N) is 3. The molecule has 0 radical (unpaired) electrons. The molecule has 56 heavy (non-hydrogen) atoms. The normalized spacial score (nSPS) is 11.2. The third-order valence-corrected chi connectivity index (χ3v) is 3.78. The molecule has 3 amide bonds. The van der Waals surface area contributed by atoms with Crippen LogP contribution < -0.4 is 33.2 Å². The number of rotatable bonds is 6. The van der Waals surface area contributed by atoms with E-state index in [9.17, 15) is 28.8 Å². The minimum Gasteiger partial charge on any atom is -0.450 e. The van der Waals surface area contributed by atoms with Crippen LogP contribution in [-0.4, -0.2) is 115 Å². The highest BCUT2D eigenvalue weighted by Crippen LogP contribution is 2.12. The summed E-state index contributed by atoms with van der Waals surface area (Å²) in [5, 5.41) is 15.6. The molecule has 0 fully saturated rings. The predicted molar refractivity (Wildman–Crippen MR) is 212 cm³/mol. The highest BCUT2D eigenvalue weighted by atomic mass is 16.8. The highest BCUT2D eigenvalue weighted by Gasteiger charge is 2.24. The Hall–Kier alpha value is -4.30. The number of alkyl carbamates (subject to hydrolysis) is 3. The molecule has 0 aromatic rings. The van der Waals surface area contributed by atoms with Gasteiger partial charge in [-0.05, 0) is 125 Å². The maximum absolute atomic E-state index is 11.3. The maximum atomic E-state index is 11.3. The number of hydrogen-bond donors (Lipinski definition) is 7. The number of carboxylic acid groups (broad SMARTS) is 1. The average molecular weight is 817 g/mol. The lowest BCUT2D eigenvalue weighted by Crippen LogP contribution is -2.39. The summed E-state index contributed by atoms with van der Waals surface area (Å²) in [6.45, 7) is 33.9. The first-order chi connectivity index (χ1) is 24.8. The molecule has 0 aliphatic heterocycles. The standard InChI is InChI=1S/C12H24N2O4.C10H18O5.C7H16N2O2.C5H10O3.C2H8N2/c1-11(2,3)17-9(15)13-7-8-14-10(16)18-12(4,5)6;1-9(2,3)14-7(11)13-8(12)15-10(4,5)6;1-7(2,3)11-6(10)9-5-4-8;1-5(2,3)8-4(6)7;3-1-2-4/h7-8H2,1-6H3,(H,13,15)(H,14,16);1-6H3;4-5,8H2,1-3H3,(H,9,10);1-3H3,(H,6,7);1-4H2. The van der Waals surface area contributed by atoms with Gasteiger partial charge >= 0.3 is 36.7 Å². The van der Waals surface area contributed by atoms with E-state index in [1.54, 1.807) is 104 Å². The summed E-state index contributed by atoms with van der Waals surface area (Å²) in [7, 11) is 0. The van der Waals surface area contributed by atoms with Crippen molar-refractivity contribution >= 4 is 36.7 Å². The van der Waals surface area contributed by atoms with E-state index in [-0.39, 0.29) is 13.1 Å². The second-order valence-corrected chi connectivity index (χ2v) is 17.2. The van der Waals surface area contributed by atoms with Crippen LogP contribution in [0.4, 0.5) is 28.8 Å². The number of nitrogens with one attached hydrogen (secondary N) is 3. The molecule has 10 N–H and O–H groups in total. The molecule has 0 atom stereocenters. The van der Waals surface area contributed by atoms with Crippen molar-refractivity contribution < 1.29 is 67.0 Å². The number of carbonyl (C=O) groups excluding carboxylic acids is 5. The first-order valence-electron chi connectivity index (χ1n) is 17.8. The van der Waals surface area contributed by atoms with Crippen LogP contribution in [-0.2, 0) is 33.2 Å². The van der Waals surface area contributed by atoms with Gasteiger partial charge in [0.2, 0.25) is 0 Å². The molecule has 334 valence electrons. The summed E-state index contributed by atoms with van der Waals surface area (Å²) in [4.78, 5) is 65.2. The maximum Gasteiger partial charge on any atom is 0.519 e. The van der Waals surface area contributed by atoms with Crippen molar-refractivity contribution in [3.05, 3.63) is 0 Å². The Labute approximate surface area is 334 Å². The molecule has 0 heterocycles. The summed E-state index contributed by atoms with van der Waals surface area (Å²) in [6, 6.07) is 0. The summed E-state index contributed by atoms with van der Waals surface area (Å²) in [6.07, 6.45) is -4.77. The fourth-order valence-electron chi connectivity index (χ4n) is 2.32. The van der Waals surface area contributed by atoms with Crippen LogP contribution in [0.2, 0.25) is 0 Å². The zero-order valence-corrected chi connectivity index (χ0v) is 37.2. The Morgan fingerprint density at radius 1 is 0.393 bits per heavy atom. The van der Waals surface area contributed by atoms with Gasteiger partial charge in [-0.15, -0.1) is 0 Å². The van der Waals surface area contributed by atoms with E-state index >= 15 is 0 Å². The largest absolute Gasteiger partial charge is 0.519 e. The minimum absolute atomic E-state index is 0.286. The molecule has 0 saturated heterocycles. The molecule has 0 aliphatic carbocycles. The van der Waals surface area contributed by atoms with E-state index in [2.05, 4.69) is 25.4 Å². The Bertz CT molecular complexity index is 1070. The van der Waals surface area contributed by atoms with Crippen molar-refractivity contribution in [3.8, 4) is 0 Å². The van der Waals surface area contributed by atoms with E-state index < -0.39 is 70.4 Å². The van der Waals surface area contributed by atoms with Gasteiger partial charge in [-0.2, -0.15) is 0 Å². The second kappa shape index (κ2) is 29.0. The SMILES string of the molecule is CC(C)(C)OC(=O)NCCN.CC(C)(C)OC(=O)NCCNC(=O)OC(C)(C)C.CC(C)(C)OC(=O)O.CC(C)(C)OC(=O)OC(=O)OC(C)(C)C.NCCN. The zero-order chi connectivity index (χ0) is 45.8. The summed E-state index contributed by atoms with van der Waals surface area (Å²) >= 11 is 0. The highest BCUT2D eigenvalue weighted by molar-refractivity contribution is 5.77. The van der Waals surface area contributed by atoms with Crippen LogP contribution in [0.1, 0.15) is 125 Å². The van der Waals surface area contributed by atoms with Gasteiger partial charge in [-0.25, -0.2) is 28.8 Å². The Kier molecular flexibility index (Phi) is 31.6. The molecule has 0 unspecified atom stereocenters. The molecule has 0 aliphatic rings. The first-order valence-corrected chi connectivity index (χ1v) is 17.8. The van der Waals surface area contributed by atoms with Crippen LogP contribution in [0.25, 0.3) is 0 Å². The topological polar surface area (TPSA) is 301 Å². The second-order valence-electron chi connectivity index (χ2n) is 17.2. The van der Waals surface area contributed by atoms with Crippen molar-refractivity contribution in [1.82, 2.24) is 16.0 Å². The van der Waals surface area contributed by atoms with Gasteiger partial charge in [-0.3, -0.25) is 0 Å². The number of amides is 3. The quantitative estimate of drug-likeness (QED) is 0.0725. The van der Waals surface area contributed by atoms with Crippen molar-refractivity contribution in [1.29, 1.82) is 0 Å². The summed E-state index contributed by atoms with van der Waals surface area (Å²) in [5.74, 6) is 0. The monoisotopic (exact) mass is 817 g/mol. The fourth-order valence-corrected chi connectivity index (χ4v) is 2.32. The predicted octanol–water partition coefficient (Wildman–Crippen LogP) is 5.76. The molecule has 0 aromatic carbocycles. The number of ether oxygens (including phenoxy) is 7. The smallest absolute Gasteiger partial charge is 0.450 e. The lowest BCUT2D eigenvalue weighted by atomic mass is 10.2. The van der Waals surface area contributed by atoms with E-state index in [1.807, 2.05) is 20.8 Å². The van der Waals surface area contributed by atoms with Crippen LogP contribution in [0, 0.1) is 0 Å². The number of hydrogen-bond acceptors (Lipinski definition) is 16. The minimum atomic E-state index is -1.22. The molecule has 0 aromatic heterocycles. The van der Waals surface area contributed by atoms with Gasteiger partial charge in [0.05, 0.1) is 0 Å². The number of carbonyl (C=O) groups is 6. The van der Waals surface area contributed by atoms with Crippen LogP contribution in [0.15, 0.2) is 0 Å². The molecule has 0 spiro atoms. The van der Waals surface area contributed by atoms with Gasteiger partial charge in [0.1, 0.15) is 33.6 Å². The molecular weight excluding hydrogens is 740 g/mol. The summed E-state index contributed by atoms with van der Waals surface area (Å²) < 4.78 is 33.2. The molecule has 0 saturated carbocycles. The average Bonchev–Trinajstić information content (AvgIpc) is 2.89. The lowest BCUT2D eigenvalue weighted by molar-refractivity contribution is -0.0295. The molecule has 20 heteroatoms. The zero-order valence-electron chi connectivity index (χ0n) is 37.2. The Morgan fingerprint density at radius 2 is 0.625 bits per heavy atom. The molecule has 0 bridgehead atoms. The fraction of sp³-hybridized carbons (Fsp3) is 0.833.